The summed E-state index contributed by atoms with van der Waals surface area (Å²) in [4.78, 5) is 51.1. The fraction of sp³-hybridized carbons (Fsp3) is 0.520. The van der Waals surface area contributed by atoms with Crippen LogP contribution in [-0.2, 0) is 19.1 Å². The van der Waals surface area contributed by atoms with Crippen molar-refractivity contribution in [3.8, 4) is 0 Å². The van der Waals surface area contributed by atoms with Gasteiger partial charge in [-0.15, -0.1) is 0 Å². The topological polar surface area (TPSA) is 80.8 Å². The van der Waals surface area contributed by atoms with E-state index in [0.29, 0.717) is 36.8 Å². The SMILES string of the molecule is O=C(CCCCCN1C(=O)[C@H]2[C@@H]3C=C[C@H]([C@H]4C[C@H]34)[C@@H]2C1=O)OCC(=O)c1ccccc1. The highest BCUT2D eigenvalue weighted by molar-refractivity contribution is 6.06. The van der Waals surface area contributed by atoms with Crippen molar-refractivity contribution < 1.29 is 23.9 Å². The number of rotatable bonds is 9. The molecule has 2 saturated carbocycles. The molecule has 4 aliphatic carbocycles. The minimum atomic E-state index is -0.398. The number of carbonyl (C=O) groups is 4. The van der Waals surface area contributed by atoms with Crippen LogP contribution in [0.4, 0.5) is 0 Å². The van der Waals surface area contributed by atoms with E-state index in [2.05, 4.69) is 12.2 Å². The predicted molar refractivity (Wildman–Crippen MR) is 112 cm³/mol. The first-order chi connectivity index (χ1) is 15.1. The second kappa shape index (κ2) is 8.06. The number of ether oxygens (including phenoxy) is 1. The molecule has 6 rings (SSSR count). The van der Waals surface area contributed by atoms with Crippen LogP contribution in [0.2, 0.25) is 0 Å². The lowest BCUT2D eigenvalue weighted by atomic mass is 9.63. The fourth-order valence-electron chi connectivity index (χ4n) is 5.88. The first kappa shape index (κ1) is 20.2. The number of carbonyl (C=O) groups excluding carboxylic acids is 4. The van der Waals surface area contributed by atoms with Gasteiger partial charge in [0.15, 0.2) is 12.4 Å². The number of imide groups is 1. The number of amides is 2. The van der Waals surface area contributed by atoms with E-state index < -0.39 is 5.97 Å². The molecule has 1 saturated heterocycles. The quantitative estimate of drug-likeness (QED) is 0.201. The van der Waals surface area contributed by atoms with Crippen molar-refractivity contribution in [3.05, 3.63) is 48.0 Å². The molecule has 1 aromatic rings. The Labute approximate surface area is 181 Å². The van der Waals surface area contributed by atoms with Gasteiger partial charge in [0.2, 0.25) is 11.8 Å². The van der Waals surface area contributed by atoms with Crippen molar-refractivity contribution in [3.63, 3.8) is 0 Å². The van der Waals surface area contributed by atoms with Crippen molar-refractivity contribution >= 4 is 23.6 Å². The van der Waals surface area contributed by atoms with Gasteiger partial charge in [-0.25, -0.2) is 0 Å². The molecule has 3 fully saturated rings. The number of hydrogen-bond donors (Lipinski definition) is 0. The molecule has 31 heavy (non-hydrogen) atoms. The van der Waals surface area contributed by atoms with Crippen LogP contribution in [0, 0.1) is 35.5 Å². The Morgan fingerprint density at radius 2 is 1.55 bits per heavy atom. The Morgan fingerprint density at radius 1 is 0.903 bits per heavy atom. The second-order valence-electron chi connectivity index (χ2n) is 9.24. The van der Waals surface area contributed by atoms with E-state index in [1.54, 1.807) is 24.3 Å². The zero-order chi connectivity index (χ0) is 21.5. The average molecular weight is 421 g/mol. The standard InChI is InChI=1S/C25H27NO5/c27-20(15-7-3-1-4-8-15)14-31-21(28)9-5-2-6-12-26-24(29)22-16-10-11-17(19-13-18(16)19)23(22)25(26)30/h1,3-4,7-8,10-11,16-19,22-23H,2,5-6,9,12-14H2/t16-,17-,18-,19-,22+,23+/m1/s1. The van der Waals surface area contributed by atoms with Gasteiger partial charge in [0.25, 0.3) is 0 Å². The van der Waals surface area contributed by atoms with E-state index in [1.807, 2.05) is 6.07 Å². The lowest BCUT2D eigenvalue weighted by Crippen LogP contribution is -2.40. The molecule has 1 aliphatic heterocycles. The summed E-state index contributed by atoms with van der Waals surface area (Å²) in [5.41, 5.74) is 0.525. The smallest absolute Gasteiger partial charge is 0.306 e. The van der Waals surface area contributed by atoms with Crippen molar-refractivity contribution in [2.45, 2.75) is 32.1 Å². The average Bonchev–Trinajstić information content (AvgIpc) is 3.58. The van der Waals surface area contributed by atoms with Crippen molar-refractivity contribution in [2.24, 2.45) is 35.5 Å². The highest BCUT2D eigenvalue weighted by atomic mass is 16.5. The van der Waals surface area contributed by atoms with Gasteiger partial charge >= 0.3 is 5.97 Å². The summed E-state index contributed by atoms with van der Waals surface area (Å²) in [6.07, 6.45) is 7.78. The Balaban J connectivity index is 1.02. The molecule has 2 bridgehead atoms. The van der Waals surface area contributed by atoms with Crippen LogP contribution < -0.4 is 0 Å². The van der Waals surface area contributed by atoms with E-state index in [9.17, 15) is 19.2 Å². The van der Waals surface area contributed by atoms with Gasteiger partial charge < -0.3 is 4.74 Å². The van der Waals surface area contributed by atoms with Gasteiger partial charge in [-0.3, -0.25) is 24.1 Å². The van der Waals surface area contributed by atoms with E-state index in [1.165, 1.54) is 11.3 Å². The summed E-state index contributed by atoms with van der Waals surface area (Å²) in [5, 5.41) is 0. The fourth-order valence-corrected chi connectivity index (χ4v) is 5.88. The van der Waals surface area contributed by atoms with Gasteiger partial charge in [-0.05, 0) is 42.9 Å². The Bertz CT molecular complexity index is 902. The second-order valence-corrected chi connectivity index (χ2v) is 9.24. The minimum absolute atomic E-state index is 0.0125. The molecule has 2 amide bonds. The van der Waals surface area contributed by atoms with Crippen LogP contribution in [-0.4, -0.2) is 41.6 Å². The maximum atomic E-state index is 12.9. The number of nitrogens with zero attached hydrogens (tertiary/aromatic N) is 1. The monoisotopic (exact) mass is 421 g/mol. The molecule has 0 N–H and O–H groups in total. The molecule has 6 nitrogen and oxygen atoms in total. The zero-order valence-corrected chi connectivity index (χ0v) is 17.4. The van der Waals surface area contributed by atoms with Crippen molar-refractivity contribution in [1.82, 2.24) is 4.90 Å². The number of likely N-dealkylation sites (tertiary alicyclic amines) is 1. The van der Waals surface area contributed by atoms with Crippen LogP contribution in [0.3, 0.4) is 0 Å². The van der Waals surface area contributed by atoms with Crippen LogP contribution >= 0.6 is 0 Å². The largest absolute Gasteiger partial charge is 0.457 e. The van der Waals surface area contributed by atoms with Crippen LogP contribution in [0.25, 0.3) is 0 Å². The van der Waals surface area contributed by atoms with E-state index >= 15 is 0 Å². The van der Waals surface area contributed by atoms with E-state index in [-0.39, 0.29) is 54.3 Å². The van der Waals surface area contributed by atoms with Gasteiger partial charge in [-0.2, -0.15) is 0 Å². The Hall–Kier alpha value is -2.76. The maximum Gasteiger partial charge on any atom is 0.306 e. The van der Waals surface area contributed by atoms with Crippen LogP contribution in [0.15, 0.2) is 42.5 Å². The molecule has 0 aromatic heterocycles. The first-order valence-corrected chi connectivity index (χ1v) is 11.3. The zero-order valence-electron chi connectivity index (χ0n) is 17.4. The molecule has 0 spiro atoms. The lowest BCUT2D eigenvalue weighted by molar-refractivity contribution is -0.143. The molecule has 0 unspecified atom stereocenters. The number of ketones is 1. The predicted octanol–water partition coefficient (Wildman–Crippen LogP) is 3.03. The molecule has 162 valence electrons. The summed E-state index contributed by atoms with van der Waals surface area (Å²) in [6.45, 7) is 0.182. The van der Waals surface area contributed by atoms with Gasteiger partial charge in [0.05, 0.1) is 11.8 Å². The van der Waals surface area contributed by atoms with Crippen LogP contribution in [0.1, 0.15) is 42.5 Å². The summed E-state index contributed by atoms with van der Waals surface area (Å²) < 4.78 is 5.07. The lowest BCUT2D eigenvalue weighted by Gasteiger charge is -2.37. The summed E-state index contributed by atoms with van der Waals surface area (Å²) in [6, 6.07) is 8.74. The maximum absolute atomic E-state index is 12.9. The first-order valence-electron chi connectivity index (χ1n) is 11.3. The molecule has 0 radical (unpaired) electrons. The highest BCUT2D eigenvalue weighted by Gasteiger charge is 2.66. The summed E-state index contributed by atoms with van der Waals surface area (Å²) >= 11 is 0. The van der Waals surface area contributed by atoms with Gasteiger partial charge in [0.1, 0.15) is 0 Å². The summed E-state index contributed by atoms with van der Waals surface area (Å²) in [7, 11) is 0. The number of hydrogen-bond acceptors (Lipinski definition) is 5. The molecule has 5 aliphatic rings. The van der Waals surface area contributed by atoms with Gasteiger partial charge in [0, 0.05) is 18.5 Å². The minimum Gasteiger partial charge on any atom is -0.457 e. The van der Waals surface area contributed by atoms with Crippen molar-refractivity contribution in [1.29, 1.82) is 0 Å². The number of allylic oxidation sites excluding steroid dienone is 2. The molecule has 1 aromatic carbocycles. The van der Waals surface area contributed by atoms with Crippen LogP contribution in [0.5, 0.6) is 0 Å². The van der Waals surface area contributed by atoms with Crippen molar-refractivity contribution in [2.75, 3.05) is 13.2 Å². The Kier molecular flexibility index (Phi) is 5.24. The third-order valence-electron chi connectivity index (χ3n) is 7.48. The normalized spacial score (nSPS) is 32.1. The number of esters is 1. The van der Waals surface area contributed by atoms with E-state index in [4.69, 9.17) is 4.74 Å². The molecule has 6 heteroatoms. The molecular weight excluding hydrogens is 394 g/mol. The highest BCUT2D eigenvalue weighted by Crippen LogP contribution is 2.65. The Morgan fingerprint density at radius 3 is 2.19 bits per heavy atom. The van der Waals surface area contributed by atoms with E-state index in [0.717, 1.165) is 6.42 Å². The summed E-state index contributed by atoms with van der Waals surface area (Å²) in [5.74, 6) is 0.891. The number of Topliss-reactive ketones (excluding diaryl/α,β-unsaturated/α-hetero) is 1. The molecular formula is C25H27NO5. The van der Waals surface area contributed by atoms with Gasteiger partial charge in [-0.1, -0.05) is 48.9 Å². The number of benzene rings is 1. The number of unbranched alkanes of at least 4 members (excludes halogenated alkanes) is 2. The third-order valence-corrected chi connectivity index (χ3v) is 7.48. The third kappa shape index (κ3) is 3.62. The molecule has 6 atom stereocenters. The molecule has 1 heterocycles.